The van der Waals surface area contributed by atoms with Crippen LogP contribution in [0.4, 0.5) is 4.79 Å². The van der Waals surface area contributed by atoms with Crippen molar-refractivity contribution in [3.05, 3.63) is 52.6 Å². The number of hydrogen-bond donors (Lipinski definition) is 1. The number of esters is 1. The second-order valence-electron chi connectivity index (χ2n) is 4.85. The van der Waals surface area contributed by atoms with Crippen LogP contribution >= 0.6 is 11.8 Å². The highest BCUT2D eigenvalue weighted by Crippen LogP contribution is 2.28. The Morgan fingerprint density at radius 1 is 1.21 bits per heavy atom. The number of carbonyl (C=O) groups is 3. The smallest absolute Gasteiger partial charge is 0.338 e. The largest absolute Gasteiger partial charge is 0.462 e. The summed E-state index contributed by atoms with van der Waals surface area (Å²) in [5, 5.41) is 1.79. The predicted octanol–water partition coefficient (Wildman–Crippen LogP) is 3.45. The summed E-state index contributed by atoms with van der Waals surface area (Å²) in [7, 11) is 0. The summed E-state index contributed by atoms with van der Waals surface area (Å²) in [4.78, 5) is 34.6. The van der Waals surface area contributed by atoms with Gasteiger partial charge in [-0.25, -0.2) is 4.79 Å². The molecule has 2 amide bonds. The van der Waals surface area contributed by atoms with Gasteiger partial charge in [0.05, 0.1) is 17.1 Å². The quantitative estimate of drug-likeness (QED) is 0.676. The van der Waals surface area contributed by atoms with Crippen molar-refractivity contribution < 1.29 is 23.5 Å². The highest BCUT2D eigenvalue weighted by atomic mass is 32.2. The predicted molar refractivity (Wildman–Crippen MR) is 89.2 cm³/mol. The average Bonchev–Trinajstić information content (AvgIpc) is 3.15. The zero-order valence-corrected chi connectivity index (χ0v) is 13.5. The summed E-state index contributed by atoms with van der Waals surface area (Å²) in [5.41, 5.74) is 1.25. The van der Waals surface area contributed by atoms with Gasteiger partial charge in [0.2, 0.25) is 0 Å². The van der Waals surface area contributed by atoms with Crippen LogP contribution < -0.4 is 5.32 Å². The van der Waals surface area contributed by atoms with E-state index in [2.05, 4.69) is 5.32 Å². The van der Waals surface area contributed by atoms with E-state index in [0.29, 0.717) is 28.6 Å². The lowest BCUT2D eigenvalue weighted by Gasteiger charge is -2.02. The number of hydrogen-bond acceptors (Lipinski definition) is 6. The van der Waals surface area contributed by atoms with Gasteiger partial charge in [-0.3, -0.25) is 14.9 Å². The normalized spacial score (nSPS) is 15.6. The average molecular weight is 343 g/mol. The Hall–Kier alpha value is -2.80. The summed E-state index contributed by atoms with van der Waals surface area (Å²) >= 11 is 0.833. The van der Waals surface area contributed by atoms with E-state index in [0.717, 1.165) is 17.3 Å². The maximum Gasteiger partial charge on any atom is 0.338 e. The van der Waals surface area contributed by atoms with Crippen LogP contribution in [0.15, 0.2) is 45.7 Å². The van der Waals surface area contributed by atoms with Gasteiger partial charge in [-0.1, -0.05) is 12.1 Å². The van der Waals surface area contributed by atoms with E-state index in [-0.39, 0.29) is 5.97 Å². The maximum atomic E-state index is 11.6. The van der Waals surface area contributed by atoms with Crippen molar-refractivity contribution in [1.29, 1.82) is 0 Å². The zero-order valence-electron chi connectivity index (χ0n) is 12.7. The molecule has 0 atom stereocenters. The number of rotatable bonds is 4. The molecule has 3 rings (SSSR count). The van der Waals surface area contributed by atoms with Crippen LogP contribution in [0, 0.1) is 0 Å². The third kappa shape index (κ3) is 3.41. The lowest BCUT2D eigenvalue weighted by Crippen LogP contribution is -2.17. The minimum absolute atomic E-state index is 0.290. The molecule has 6 nitrogen and oxygen atoms in total. The first-order valence-electron chi connectivity index (χ1n) is 7.19. The van der Waals surface area contributed by atoms with E-state index in [9.17, 15) is 14.4 Å². The molecule has 0 unspecified atom stereocenters. The number of benzene rings is 1. The second-order valence-corrected chi connectivity index (χ2v) is 5.87. The van der Waals surface area contributed by atoms with Crippen LogP contribution in [0.3, 0.4) is 0 Å². The van der Waals surface area contributed by atoms with Gasteiger partial charge in [-0.15, -0.1) is 0 Å². The molecular formula is C17H13NO5S. The Morgan fingerprint density at radius 3 is 2.58 bits per heavy atom. The molecule has 0 aliphatic carbocycles. The molecule has 0 radical (unpaired) electrons. The number of imide groups is 1. The van der Waals surface area contributed by atoms with Gasteiger partial charge in [-0.2, -0.15) is 0 Å². The van der Waals surface area contributed by atoms with Crippen molar-refractivity contribution in [3.8, 4) is 11.3 Å². The van der Waals surface area contributed by atoms with E-state index in [4.69, 9.17) is 9.15 Å². The van der Waals surface area contributed by atoms with Crippen molar-refractivity contribution in [1.82, 2.24) is 5.32 Å². The minimum atomic E-state index is -0.429. The third-order valence-corrected chi connectivity index (χ3v) is 4.03. The number of carbonyl (C=O) groups excluding carboxylic acids is 3. The van der Waals surface area contributed by atoms with Crippen molar-refractivity contribution in [2.75, 3.05) is 6.61 Å². The number of ether oxygens (including phenoxy) is 1. The Balaban J connectivity index is 1.78. The summed E-state index contributed by atoms with van der Waals surface area (Å²) < 4.78 is 10.6. The fourth-order valence-corrected chi connectivity index (χ4v) is 2.78. The fourth-order valence-electron chi connectivity index (χ4n) is 2.12. The van der Waals surface area contributed by atoms with E-state index < -0.39 is 11.1 Å². The molecular weight excluding hydrogens is 330 g/mol. The minimum Gasteiger partial charge on any atom is -0.462 e. The zero-order chi connectivity index (χ0) is 17.1. The third-order valence-electron chi connectivity index (χ3n) is 3.22. The summed E-state index contributed by atoms with van der Waals surface area (Å²) in [6.07, 6.45) is 1.52. The van der Waals surface area contributed by atoms with Gasteiger partial charge in [-0.05, 0) is 43.0 Å². The molecule has 0 spiro atoms. The number of nitrogens with one attached hydrogen (secondary N) is 1. The molecule has 0 saturated carbocycles. The van der Waals surface area contributed by atoms with Crippen molar-refractivity contribution in [3.63, 3.8) is 0 Å². The van der Waals surface area contributed by atoms with Crippen LogP contribution in [-0.4, -0.2) is 23.7 Å². The lowest BCUT2D eigenvalue weighted by molar-refractivity contribution is -0.115. The first-order valence-corrected chi connectivity index (χ1v) is 8.00. The van der Waals surface area contributed by atoms with Gasteiger partial charge in [0.25, 0.3) is 11.1 Å². The lowest BCUT2D eigenvalue weighted by atomic mass is 10.1. The van der Waals surface area contributed by atoms with E-state index >= 15 is 0 Å². The van der Waals surface area contributed by atoms with E-state index in [1.54, 1.807) is 43.3 Å². The number of amides is 2. The summed E-state index contributed by atoms with van der Waals surface area (Å²) in [6.45, 7) is 2.08. The molecule has 2 heterocycles. The van der Waals surface area contributed by atoms with Crippen molar-refractivity contribution in [2.45, 2.75) is 6.92 Å². The monoisotopic (exact) mass is 343 g/mol. The second kappa shape index (κ2) is 6.76. The van der Waals surface area contributed by atoms with Crippen LogP contribution in [0.5, 0.6) is 0 Å². The highest BCUT2D eigenvalue weighted by Gasteiger charge is 2.25. The van der Waals surface area contributed by atoms with E-state index in [1.807, 2.05) is 0 Å². The standard InChI is InChI=1S/C17H13NO5S/c1-2-22-16(20)11-5-3-10(4-6-11)13-8-7-12(23-13)9-14-15(19)18-17(21)24-14/h3-9H,2H2,1H3,(H,18,19,21)/b14-9-. The van der Waals surface area contributed by atoms with Gasteiger partial charge in [0, 0.05) is 11.6 Å². The fraction of sp³-hybridized carbons (Fsp3) is 0.118. The molecule has 2 aromatic rings. The van der Waals surface area contributed by atoms with Gasteiger partial charge >= 0.3 is 5.97 Å². The van der Waals surface area contributed by atoms with Crippen LogP contribution in [0.25, 0.3) is 17.4 Å². The van der Waals surface area contributed by atoms with Crippen LogP contribution in [0.1, 0.15) is 23.0 Å². The molecule has 1 aliphatic heterocycles. The Morgan fingerprint density at radius 2 is 1.96 bits per heavy atom. The molecule has 1 aliphatic rings. The Bertz CT molecular complexity index is 835. The SMILES string of the molecule is CCOC(=O)c1ccc(-c2ccc(/C=C3\SC(=O)NC3=O)o2)cc1. The summed E-state index contributed by atoms with van der Waals surface area (Å²) in [5.74, 6) is 0.253. The molecule has 1 N–H and O–H groups in total. The highest BCUT2D eigenvalue weighted by molar-refractivity contribution is 8.18. The number of thioether (sulfide) groups is 1. The topological polar surface area (TPSA) is 85.6 Å². The van der Waals surface area contributed by atoms with Crippen LogP contribution in [-0.2, 0) is 9.53 Å². The van der Waals surface area contributed by atoms with E-state index in [1.165, 1.54) is 6.08 Å². The Kier molecular flexibility index (Phi) is 4.52. The molecule has 122 valence electrons. The van der Waals surface area contributed by atoms with Gasteiger partial charge in [0.15, 0.2) is 0 Å². The molecule has 1 aromatic carbocycles. The Labute approximate surface area is 141 Å². The van der Waals surface area contributed by atoms with Crippen LogP contribution in [0.2, 0.25) is 0 Å². The number of furan rings is 1. The van der Waals surface area contributed by atoms with Gasteiger partial charge in [0.1, 0.15) is 11.5 Å². The first-order chi connectivity index (χ1) is 11.6. The first kappa shape index (κ1) is 16.1. The van der Waals surface area contributed by atoms with Gasteiger partial charge < -0.3 is 9.15 Å². The molecule has 1 fully saturated rings. The summed E-state index contributed by atoms with van der Waals surface area (Å²) in [6, 6.07) is 10.3. The van der Waals surface area contributed by atoms with Crippen molar-refractivity contribution >= 4 is 35.0 Å². The molecule has 7 heteroatoms. The maximum absolute atomic E-state index is 11.6. The molecule has 24 heavy (non-hydrogen) atoms. The molecule has 1 saturated heterocycles. The molecule has 0 bridgehead atoms. The molecule has 1 aromatic heterocycles. The van der Waals surface area contributed by atoms with Crippen molar-refractivity contribution in [2.24, 2.45) is 0 Å².